The molecule has 0 spiro atoms. The predicted octanol–water partition coefficient (Wildman–Crippen LogP) is 2.76. The summed E-state index contributed by atoms with van der Waals surface area (Å²) in [5, 5.41) is 13.9. The Morgan fingerprint density at radius 3 is 2.81 bits per heavy atom. The molecule has 2 heterocycles. The minimum Gasteiger partial charge on any atom is -0.506 e. The van der Waals surface area contributed by atoms with Gasteiger partial charge in [-0.15, -0.1) is 0 Å². The Bertz CT molecular complexity index is 1120. The van der Waals surface area contributed by atoms with Gasteiger partial charge in [-0.05, 0) is 31.0 Å². The highest BCUT2D eigenvalue weighted by atomic mass is 16.5. The van der Waals surface area contributed by atoms with E-state index in [0.717, 1.165) is 11.1 Å². The van der Waals surface area contributed by atoms with Crippen LogP contribution in [0, 0.1) is 0 Å². The van der Waals surface area contributed by atoms with Crippen molar-refractivity contribution in [1.82, 2.24) is 9.88 Å². The van der Waals surface area contributed by atoms with Gasteiger partial charge in [-0.25, -0.2) is 0 Å². The van der Waals surface area contributed by atoms with E-state index in [1.165, 1.54) is 0 Å². The Kier molecular flexibility index (Phi) is 4.11. The van der Waals surface area contributed by atoms with Gasteiger partial charge in [0.05, 0.1) is 12.6 Å². The summed E-state index contributed by atoms with van der Waals surface area (Å²) in [6.45, 7) is 2.13. The Morgan fingerprint density at radius 2 is 2.04 bits per heavy atom. The average molecular weight is 364 g/mol. The molecule has 27 heavy (non-hydrogen) atoms. The Morgan fingerprint density at radius 1 is 1.26 bits per heavy atom. The van der Waals surface area contributed by atoms with Crippen LogP contribution in [0.2, 0.25) is 0 Å². The van der Waals surface area contributed by atoms with Gasteiger partial charge in [0.25, 0.3) is 11.5 Å². The zero-order chi connectivity index (χ0) is 19.1. The first-order valence-electron chi connectivity index (χ1n) is 8.82. The van der Waals surface area contributed by atoms with Crippen LogP contribution >= 0.6 is 0 Å². The third-order valence-corrected chi connectivity index (χ3v) is 5.10. The number of carbonyl (C=O) groups is 1. The van der Waals surface area contributed by atoms with Crippen molar-refractivity contribution in [2.24, 2.45) is 0 Å². The molecule has 1 atom stereocenters. The number of ether oxygens (including phenoxy) is 1. The Hall–Kier alpha value is -3.28. The molecular formula is C21H20N2O4. The fraction of sp³-hybridized carbons (Fsp3) is 0.238. The van der Waals surface area contributed by atoms with Crippen LogP contribution < -0.4 is 15.6 Å². The quantitative estimate of drug-likeness (QED) is 0.746. The van der Waals surface area contributed by atoms with E-state index < -0.39 is 11.5 Å². The van der Waals surface area contributed by atoms with Crippen molar-refractivity contribution in [2.75, 3.05) is 7.11 Å². The maximum absolute atomic E-state index is 13.0. The van der Waals surface area contributed by atoms with Gasteiger partial charge in [0.2, 0.25) is 0 Å². The number of rotatable bonds is 4. The summed E-state index contributed by atoms with van der Waals surface area (Å²) < 4.78 is 6.89. The third-order valence-electron chi connectivity index (χ3n) is 5.10. The molecule has 2 N–H and O–H groups in total. The number of benzene rings is 2. The van der Waals surface area contributed by atoms with Crippen LogP contribution in [0.1, 0.15) is 34.5 Å². The average Bonchev–Trinajstić information content (AvgIpc) is 3.01. The molecule has 138 valence electrons. The number of aromatic nitrogens is 1. The van der Waals surface area contributed by atoms with Gasteiger partial charge in [0.1, 0.15) is 17.1 Å². The lowest BCUT2D eigenvalue weighted by Crippen LogP contribution is -2.33. The van der Waals surface area contributed by atoms with E-state index >= 15 is 0 Å². The fourth-order valence-corrected chi connectivity index (χ4v) is 3.84. The fourth-order valence-electron chi connectivity index (χ4n) is 3.84. The summed E-state index contributed by atoms with van der Waals surface area (Å²) in [6.07, 6.45) is 0.707. The number of nitrogens with zero attached hydrogens (tertiary/aromatic N) is 1. The molecule has 0 fully saturated rings. The van der Waals surface area contributed by atoms with E-state index in [9.17, 15) is 14.7 Å². The molecule has 1 amide bonds. The molecule has 0 aliphatic carbocycles. The van der Waals surface area contributed by atoms with Crippen molar-refractivity contribution in [2.45, 2.75) is 25.9 Å². The number of aromatic hydroxyl groups is 1. The normalized spacial score (nSPS) is 15.1. The topological polar surface area (TPSA) is 80.6 Å². The number of hydrogen-bond donors (Lipinski definition) is 2. The molecule has 6 heteroatoms. The van der Waals surface area contributed by atoms with E-state index in [4.69, 9.17) is 4.74 Å². The molecule has 2 aromatic carbocycles. The van der Waals surface area contributed by atoms with E-state index in [1.54, 1.807) is 23.8 Å². The van der Waals surface area contributed by atoms with E-state index in [-0.39, 0.29) is 23.9 Å². The summed E-state index contributed by atoms with van der Waals surface area (Å²) in [7, 11) is 1.56. The van der Waals surface area contributed by atoms with Gasteiger partial charge in [-0.2, -0.15) is 0 Å². The number of methoxy groups -OCH3 is 1. The second-order valence-corrected chi connectivity index (χ2v) is 6.76. The Labute approximate surface area is 156 Å². The summed E-state index contributed by atoms with van der Waals surface area (Å²) in [5.41, 5.74) is 1.83. The maximum atomic E-state index is 13.0. The lowest BCUT2D eigenvalue weighted by molar-refractivity contribution is 0.0946. The monoisotopic (exact) mass is 364 g/mol. The number of carbonyl (C=O) groups excluding carboxylic acids is 1. The van der Waals surface area contributed by atoms with Gasteiger partial charge >= 0.3 is 0 Å². The van der Waals surface area contributed by atoms with Gasteiger partial charge in [0, 0.05) is 23.5 Å². The molecule has 1 aliphatic rings. The zero-order valence-electron chi connectivity index (χ0n) is 15.2. The minimum absolute atomic E-state index is 0.0567. The minimum atomic E-state index is -0.599. The van der Waals surface area contributed by atoms with E-state index in [0.29, 0.717) is 23.1 Å². The molecule has 0 bridgehead atoms. The first-order chi connectivity index (χ1) is 13.0. The second-order valence-electron chi connectivity index (χ2n) is 6.76. The Balaban J connectivity index is 1.75. The summed E-state index contributed by atoms with van der Waals surface area (Å²) >= 11 is 0. The van der Waals surface area contributed by atoms with Crippen molar-refractivity contribution in [1.29, 1.82) is 0 Å². The summed E-state index contributed by atoms with van der Waals surface area (Å²) in [6, 6.07) is 12.8. The SMILES string of the molecule is COc1ccccc1CNC(=O)c1c(O)c2cccc3c2n(c1=O)[C@H](C)C3. The van der Waals surface area contributed by atoms with Gasteiger partial charge in [-0.1, -0.05) is 30.3 Å². The van der Waals surface area contributed by atoms with E-state index in [1.807, 2.05) is 37.3 Å². The van der Waals surface area contributed by atoms with Crippen LogP contribution in [0.15, 0.2) is 47.3 Å². The van der Waals surface area contributed by atoms with Crippen LogP contribution in [0.4, 0.5) is 0 Å². The highest BCUT2D eigenvalue weighted by Gasteiger charge is 2.29. The lowest BCUT2D eigenvalue weighted by atomic mass is 10.1. The number of nitrogens with one attached hydrogen (secondary N) is 1. The van der Waals surface area contributed by atoms with Crippen LogP contribution in [-0.2, 0) is 13.0 Å². The molecule has 0 saturated heterocycles. The molecule has 3 aromatic rings. The number of amides is 1. The first kappa shape index (κ1) is 17.1. The molecule has 1 aliphatic heterocycles. The van der Waals surface area contributed by atoms with Gasteiger partial charge < -0.3 is 19.7 Å². The molecule has 0 saturated carbocycles. The first-order valence-corrected chi connectivity index (χ1v) is 8.82. The van der Waals surface area contributed by atoms with Crippen molar-refractivity contribution in [3.05, 3.63) is 69.5 Å². The summed E-state index contributed by atoms with van der Waals surface area (Å²) in [5.74, 6) is -0.215. The molecule has 4 rings (SSSR count). The van der Waals surface area contributed by atoms with Crippen LogP contribution in [0.25, 0.3) is 10.9 Å². The third kappa shape index (κ3) is 2.65. The largest absolute Gasteiger partial charge is 0.506 e. The summed E-state index contributed by atoms with van der Waals surface area (Å²) in [4.78, 5) is 25.7. The van der Waals surface area contributed by atoms with E-state index in [2.05, 4.69) is 5.32 Å². The van der Waals surface area contributed by atoms with Crippen molar-refractivity contribution in [3.63, 3.8) is 0 Å². The zero-order valence-corrected chi connectivity index (χ0v) is 15.2. The van der Waals surface area contributed by atoms with Crippen LogP contribution in [0.5, 0.6) is 11.5 Å². The van der Waals surface area contributed by atoms with Gasteiger partial charge in [0.15, 0.2) is 0 Å². The molecule has 1 aromatic heterocycles. The van der Waals surface area contributed by atoms with Crippen LogP contribution in [-0.4, -0.2) is 22.7 Å². The molecule has 0 radical (unpaired) electrons. The highest BCUT2D eigenvalue weighted by molar-refractivity contribution is 6.03. The van der Waals surface area contributed by atoms with Crippen LogP contribution in [0.3, 0.4) is 0 Å². The molecule has 6 nitrogen and oxygen atoms in total. The standard InChI is InChI=1S/C21H20N2O4/c1-12-10-13-7-5-8-15-18(13)23(12)21(26)17(19(15)24)20(25)22-11-14-6-3-4-9-16(14)27-2/h3-9,12,24H,10-11H2,1-2H3,(H,22,25)/t12-/m1/s1. The molecular weight excluding hydrogens is 344 g/mol. The molecule has 0 unspecified atom stereocenters. The number of para-hydroxylation sites is 2. The second kappa shape index (κ2) is 6.46. The van der Waals surface area contributed by atoms with Crippen molar-refractivity contribution >= 4 is 16.8 Å². The number of hydrogen-bond acceptors (Lipinski definition) is 4. The maximum Gasteiger partial charge on any atom is 0.267 e. The smallest absolute Gasteiger partial charge is 0.267 e. The predicted molar refractivity (Wildman–Crippen MR) is 102 cm³/mol. The van der Waals surface area contributed by atoms with Gasteiger partial charge in [-0.3, -0.25) is 9.59 Å². The van der Waals surface area contributed by atoms with Crippen molar-refractivity contribution < 1.29 is 14.6 Å². The number of pyridine rings is 1. The van der Waals surface area contributed by atoms with Crippen molar-refractivity contribution in [3.8, 4) is 11.5 Å². The lowest BCUT2D eigenvalue weighted by Gasteiger charge is -2.14. The highest BCUT2D eigenvalue weighted by Crippen LogP contribution is 2.35.